The number of esters is 3. The van der Waals surface area contributed by atoms with E-state index in [1.807, 2.05) is 19.9 Å². The molecule has 0 aromatic carbocycles. The third-order valence-corrected chi connectivity index (χ3v) is 6.46. The highest BCUT2D eigenvalue weighted by Gasteiger charge is 2.72. The fourth-order valence-electron chi connectivity index (χ4n) is 3.97. The first-order chi connectivity index (χ1) is 16.3. The second-order valence-electron chi connectivity index (χ2n) is 9.36. The van der Waals surface area contributed by atoms with E-state index in [1.54, 1.807) is 46.8 Å². The molecule has 0 radical (unpaired) electrons. The first kappa shape index (κ1) is 28.2. The minimum absolute atomic E-state index is 0.277. The van der Waals surface area contributed by atoms with Gasteiger partial charge in [-0.2, -0.15) is 0 Å². The van der Waals surface area contributed by atoms with Gasteiger partial charge in [-0.3, -0.25) is 9.59 Å². The van der Waals surface area contributed by atoms with Crippen LogP contribution in [0.5, 0.6) is 0 Å². The van der Waals surface area contributed by atoms with Crippen molar-refractivity contribution in [2.24, 2.45) is 5.92 Å². The predicted molar refractivity (Wildman–Crippen MR) is 129 cm³/mol. The van der Waals surface area contributed by atoms with Gasteiger partial charge in [-0.1, -0.05) is 30.4 Å². The molecule has 6 atom stereocenters. The summed E-state index contributed by atoms with van der Waals surface area (Å²) < 4.78 is 22.7. The zero-order valence-corrected chi connectivity index (χ0v) is 21.8. The molecule has 1 heterocycles. The molecule has 2 fully saturated rings. The van der Waals surface area contributed by atoms with Crippen molar-refractivity contribution >= 4 is 23.7 Å². The minimum atomic E-state index is -1.32. The van der Waals surface area contributed by atoms with Crippen LogP contribution < -0.4 is 0 Å². The molecule has 1 saturated carbocycles. The Morgan fingerprint density at radius 1 is 1.03 bits per heavy atom. The maximum Gasteiger partial charge on any atom is 0.333 e. The summed E-state index contributed by atoms with van der Waals surface area (Å²) in [5, 5.41) is 0. The lowest BCUT2D eigenvalue weighted by Gasteiger charge is -2.38. The van der Waals surface area contributed by atoms with E-state index < -0.39 is 59.6 Å². The average Bonchev–Trinajstić information content (AvgIpc) is 3.50. The molecule has 0 spiro atoms. The molecule has 1 saturated heterocycles. The van der Waals surface area contributed by atoms with Crippen LogP contribution >= 0.6 is 0 Å². The molecular formula is C27H36O8. The van der Waals surface area contributed by atoms with Crippen molar-refractivity contribution in [2.45, 2.75) is 91.8 Å². The fraction of sp³-hybridized carbons (Fsp3) is 0.556. The summed E-state index contributed by atoms with van der Waals surface area (Å²) in [7, 11) is 0. The zero-order chi connectivity index (χ0) is 26.7. The Kier molecular flexibility index (Phi) is 9.00. The van der Waals surface area contributed by atoms with Gasteiger partial charge in [-0.25, -0.2) is 9.59 Å². The van der Waals surface area contributed by atoms with Crippen LogP contribution in [0.4, 0.5) is 0 Å². The van der Waals surface area contributed by atoms with Crippen LogP contribution in [0, 0.1) is 5.92 Å². The first-order valence-corrected chi connectivity index (χ1v) is 11.7. The molecule has 0 aromatic rings. The molecular weight excluding hydrogens is 452 g/mol. The summed E-state index contributed by atoms with van der Waals surface area (Å²) in [6.45, 7) is 17.4. The molecule has 0 aromatic heterocycles. The number of rotatable bonds is 9. The Morgan fingerprint density at radius 2 is 1.60 bits per heavy atom. The van der Waals surface area contributed by atoms with Crippen LogP contribution in [0.3, 0.4) is 0 Å². The van der Waals surface area contributed by atoms with E-state index in [9.17, 15) is 19.2 Å². The first-order valence-electron chi connectivity index (χ1n) is 11.7. The summed E-state index contributed by atoms with van der Waals surface area (Å²) in [6.07, 6.45) is 1.49. The van der Waals surface area contributed by atoms with Gasteiger partial charge in [0, 0.05) is 24.5 Å². The van der Waals surface area contributed by atoms with Gasteiger partial charge < -0.3 is 18.9 Å². The number of allylic oxidation sites excluding steroid dienone is 3. The van der Waals surface area contributed by atoms with Gasteiger partial charge in [0.2, 0.25) is 5.78 Å². The Morgan fingerprint density at radius 3 is 2.11 bits per heavy atom. The molecule has 1 aliphatic heterocycles. The Labute approximate surface area is 207 Å². The van der Waals surface area contributed by atoms with E-state index in [4.69, 9.17) is 18.9 Å². The molecule has 0 amide bonds. The molecule has 2 rings (SSSR count). The number of ether oxygens (including phenoxy) is 4. The van der Waals surface area contributed by atoms with E-state index in [0.29, 0.717) is 16.7 Å². The normalized spacial score (nSPS) is 28.9. The second kappa shape index (κ2) is 11.2. The molecule has 1 unspecified atom stereocenters. The van der Waals surface area contributed by atoms with Crippen LogP contribution in [0.2, 0.25) is 0 Å². The van der Waals surface area contributed by atoms with Crippen LogP contribution in [-0.2, 0) is 38.1 Å². The highest BCUT2D eigenvalue weighted by atomic mass is 16.7. The number of carbonyl (C=O) groups is 4. The lowest BCUT2D eigenvalue weighted by molar-refractivity contribution is -0.168. The van der Waals surface area contributed by atoms with Crippen LogP contribution in [0.15, 0.2) is 47.1 Å². The minimum Gasteiger partial charge on any atom is -0.455 e. The van der Waals surface area contributed by atoms with Gasteiger partial charge in [-0.15, -0.1) is 0 Å². The van der Waals surface area contributed by atoms with E-state index in [1.165, 1.54) is 6.92 Å². The smallest absolute Gasteiger partial charge is 0.333 e. The Hall–Kier alpha value is -3.00. The quantitative estimate of drug-likeness (QED) is 0.158. The van der Waals surface area contributed by atoms with E-state index in [2.05, 4.69) is 6.58 Å². The van der Waals surface area contributed by atoms with Crippen molar-refractivity contribution in [3.05, 3.63) is 47.1 Å². The second-order valence-corrected chi connectivity index (χ2v) is 9.36. The maximum absolute atomic E-state index is 13.3. The number of epoxide rings is 1. The third-order valence-electron chi connectivity index (χ3n) is 6.46. The standard InChI is InChI=1S/C27H36O8/c1-10-15(5)25(30)33-19(13-12-14(3)4)17(7)20-21(32-18(8)28)23(29)27(9)24(35-27)22(20)34-26(31)16(6)11-2/h10-12,19-22,24H,7,13H2,1-6,8-9H3/b15-10-,16-11-/t19?,20-,21-,22-,24-,27+/m0/s1. The van der Waals surface area contributed by atoms with E-state index in [0.717, 1.165) is 5.57 Å². The predicted octanol–water partition coefficient (Wildman–Crippen LogP) is 3.94. The molecule has 2 aliphatic rings. The molecule has 0 bridgehead atoms. The highest BCUT2D eigenvalue weighted by Crippen LogP contribution is 2.51. The van der Waals surface area contributed by atoms with Crippen molar-refractivity contribution in [1.29, 1.82) is 0 Å². The monoisotopic (exact) mass is 488 g/mol. The van der Waals surface area contributed by atoms with Crippen molar-refractivity contribution < 1.29 is 38.1 Å². The number of hydrogen-bond donors (Lipinski definition) is 0. The van der Waals surface area contributed by atoms with Gasteiger partial charge in [0.05, 0.1) is 5.92 Å². The van der Waals surface area contributed by atoms with E-state index in [-0.39, 0.29) is 6.42 Å². The molecule has 192 valence electrons. The average molecular weight is 489 g/mol. The van der Waals surface area contributed by atoms with Crippen LogP contribution in [0.25, 0.3) is 0 Å². The van der Waals surface area contributed by atoms with Crippen molar-refractivity contribution in [3.63, 3.8) is 0 Å². The summed E-state index contributed by atoms with van der Waals surface area (Å²) >= 11 is 0. The summed E-state index contributed by atoms with van der Waals surface area (Å²) in [6, 6.07) is 0. The molecule has 1 aliphatic carbocycles. The van der Waals surface area contributed by atoms with Crippen LogP contribution in [0.1, 0.15) is 61.8 Å². The highest BCUT2D eigenvalue weighted by molar-refractivity contribution is 5.97. The molecule has 35 heavy (non-hydrogen) atoms. The van der Waals surface area contributed by atoms with Gasteiger partial charge in [0.15, 0.2) is 11.7 Å². The fourth-order valence-corrected chi connectivity index (χ4v) is 3.97. The molecule has 0 N–H and O–H groups in total. The summed E-state index contributed by atoms with van der Waals surface area (Å²) in [4.78, 5) is 50.6. The topological polar surface area (TPSA) is 108 Å². The van der Waals surface area contributed by atoms with Crippen molar-refractivity contribution in [1.82, 2.24) is 0 Å². The van der Waals surface area contributed by atoms with Crippen LogP contribution in [-0.4, -0.2) is 53.7 Å². The van der Waals surface area contributed by atoms with Gasteiger partial charge >= 0.3 is 17.9 Å². The van der Waals surface area contributed by atoms with E-state index >= 15 is 0 Å². The lowest BCUT2D eigenvalue weighted by Crippen LogP contribution is -2.56. The number of carbonyl (C=O) groups excluding carboxylic acids is 4. The molecule has 8 heteroatoms. The Bertz CT molecular complexity index is 997. The summed E-state index contributed by atoms with van der Waals surface area (Å²) in [5.74, 6) is -3.24. The van der Waals surface area contributed by atoms with Gasteiger partial charge in [0.1, 0.15) is 18.3 Å². The maximum atomic E-state index is 13.3. The number of Topliss-reactive ketones (excluding diaryl/α,β-unsaturated/α-hetero) is 1. The largest absolute Gasteiger partial charge is 0.455 e. The number of hydrogen-bond acceptors (Lipinski definition) is 8. The van der Waals surface area contributed by atoms with Gasteiger partial charge in [0.25, 0.3) is 0 Å². The SMILES string of the molecule is C=C(C(CC=C(C)C)OC(=O)/C(C)=C\C)[C@@H]1[C@H](OC(=O)/C(C)=C\C)[C@@H]2O[C@]2(C)C(=O)[C@H]1OC(C)=O. The zero-order valence-electron chi connectivity index (χ0n) is 21.8. The third kappa shape index (κ3) is 6.17. The Balaban J connectivity index is 2.55. The lowest BCUT2D eigenvalue weighted by atomic mass is 9.72. The number of ketones is 1. The van der Waals surface area contributed by atoms with Crippen molar-refractivity contribution in [2.75, 3.05) is 0 Å². The number of fused-ring (bicyclic) bond motifs is 1. The van der Waals surface area contributed by atoms with Crippen molar-refractivity contribution in [3.8, 4) is 0 Å². The molecule has 8 nitrogen and oxygen atoms in total. The summed E-state index contributed by atoms with van der Waals surface area (Å²) in [5.41, 5.74) is 0.810. The van der Waals surface area contributed by atoms with Gasteiger partial charge in [-0.05, 0) is 54.0 Å².